The first-order valence-corrected chi connectivity index (χ1v) is 6.68. The van der Waals surface area contributed by atoms with Crippen LogP contribution in [0.15, 0.2) is 36.4 Å². The molecule has 2 rings (SSSR count). The summed E-state index contributed by atoms with van der Waals surface area (Å²) in [6, 6.07) is 11.9. The Morgan fingerprint density at radius 1 is 1.10 bits per heavy atom. The number of nitrogen functional groups attached to an aromatic ring is 1. The van der Waals surface area contributed by atoms with Crippen LogP contribution in [0.1, 0.15) is 5.56 Å². The van der Waals surface area contributed by atoms with E-state index in [0.29, 0.717) is 13.1 Å². The van der Waals surface area contributed by atoms with Gasteiger partial charge in [0.15, 0.2) is 0 Å². The summed E-state index contributed by atoms with van der Waals surface area (Å²) in [5.74, 6) is 7.04. The van der Waals surface area contributed by atoms with Gasteiger partial charge in [0, 0.05) is 18.7 Å². The molecule has 0 radical (unpaired) electrons. The lowest BCUT2D eigenvalue weighted by Gasteiger charge is -2.24. The summed E-state index contributed by atoms with van der Waals surface area (Å²) in [5.41, 5.74) is 2.98. The van der Waals surface area contributed by atoms with E-state index in [0.717, 1.165) is 22.6 Å². The Bertz CT molecular complexity index is 546. The number of aliphatic hydroxyl groups is 2. The average Bonchev–Trinajstić information content (AvgIpc) is 2.75. The van der Waals surface area contributed by atoms with Crippen LogP contribution in [-0.4, -0.2) is 41.2 Å². The molecule has 5 nitrogen and oxygen atoms in total. The number of hydrogen-bond acceptors (Lipinski definition) is 4. The normalized spacial score (nSPS) is 10.8. The number of aryl methyl sites for hydroxylation is 1. The zero-order valence-corrected chi connectivity index (χ0v) is 11.7. The molecule has 0 amide bonds. The van der Waals surface area contributed by atoms with Crippen LogP contribution in [0.3, 0.4) is 0 Å². The third-order valence-electron chi connectivity index (χ3n) is 3.30. The summed E-state index contributed by atoms with van der Waals surface area (Å²) in [5, 5.41) is 18.3. The van der Waals surface area contributed by atoms with Crippen LogP contribution in [0.25, 0.3) is 11.3 Å². The second kappa shape index (κ2) is 6.45. The van der Waals surface area contributed by atoms with Crippen molar-refractivity contribution in [1.82, 2.24) is 4.68 Å². The highest BCUT2D eigenvalue weighted by molar-refractivity contribution is 5.68. The van der Waals surface area contributed by atoms with Crippen molar-refractivity contribution in [1.29, 1.82) is 0 Å². The Kier molecular flexibility index (Phi) is 4.65. The fourth-order valence-corrected chi connectivity index (χ4v) is 2.44. The minimum absolute atomic E-state index is 0.0191. The van der Waals surface area contributed by atoms with E-state index < -0.39 is 0 Å². The molecular formula is C15H21N3O2. The fourth-order valence-electron chi connectivity index (χ4n) is 2.44. The highest BCUT2D eigenvalue weighted by Crippen LogP contribution is 2.29. The van der Waals surface area contributed by atoms with E-state index in [1.54, 1.807) is 4.68 Å². The van der Waals surface area contributed by atoms with Gasteiger partial charge in [-0.1, -0.05) is 30.3 Å². The van der Waals surface area contributed by atoms with Gasteiger partial charge in [0.25, 0.3) is 0 Å². The lowest BCUT2D eigenvalue weighted by atomic mass is 10.1. The van der Waals surface area contributed by atoms with E-state index in [9.17, 15) is 0 Å². The van der Waals surface area contributed by atoms with Gasteiger partial charge in [0.2, 0.25) is 0 Å². The number of aromatic nitrogens is 1. The highest BCUT2D eigenvalue weighted by Gasteiger charge is 2.17. The Morgan fingerprint density at radius 3 is 2.25 bits per heavy atom. The molecule has 0 atom stereocenters. The molecule has 0 aliphatic carbocycles. The predicted molar refractivity (Wildman–Crippen MR) is 81.1 cm³/mol. The molecule has 4 N–H and O–H groups in total. The number of anilines is 1. The van der Waals surface area contributed by atoms with Crippen LogP contribution in [0.4, 0.5) is 5.82 Å². The van der Waals surface area contributed by atoms with E-state index >= 15 is 0 Å². The van der Waals surface area contributed by atoms with Gasteiger partial charge in [-0.3, -0.25) is 0 Å². The van der Waals surface area contributed by atoms with Crippen molar-refractivity contribution in [2.24, 2.45) is 0 Å². The molecule has 0 saturated heterocycles. The second-order valence-electron chi connectivity index (χ2n) is 4.71. The maximum Gasteiger partial charge on any atom is 0.131 e. The molecule has 0 bridgehead atoms. The lowest BCUT2D eigenvalue weighted by Crippen LogP contribution is -2.33. The molecule has 1 heterocycles. The van der Waals surface area contributed by atoms with Crippen LogP contribution in [0.2, 0.25) is 0 Å². The molecule has 0 spiro atoms. The largest absolute Gasteiger partial charge is 0.395 e. The molecule has 5 heteroatoms. The van der Waals surface area contributed by atoms with Gasteiger partial charge in [-0.05, 0) is 18.6 Å². The topological polar surface area (TPSA) is 74.7 Å². The number of nitrogens with zero attached hydrogens (tertiary/aromatic N) is 2. The Balaban J connectivity index is 2.42. The molecule has 1 aromatic carbocycles. The van der Waals surface area contributed by atoms with Crippen molar-refractivity contribution in [3.8, 4) is 11.3 Å². The fraction of sp³-hybridized carbons (Fsp3) is 0.333. The third-order valence-corrected chi connectivity index (χ3v) is 3.30. The van der Waals surface area contributed by atoms with Crippen molar-refractivity contribution in [2.75, 3.05) is 37.0 Å². The summed E-state index contributed by atoms with van der Waals surface area (Å²) in [4.78, 5) is 1.89. The van der Waals surface area contributed by atoms with Gasteiger partial charge in [0.05, 0.1) is 18.9 Å². The molecule has 2 aromatic rings. The number of hydrogen-bond donors (Lipinski definition) is 3. The first kappa shape index (κ1) is 14.4. The number of nitrogens with two attached hydrogens (primary N) is 1. The average molecular weight is 275 g/mol. The minimum atomic E-state index is 0.0191. The first-order chi connectivity index (χ1) is 9.69. The van der Waals surface area contributed by atoms with Crippen molar-refractivity contribution >= 4 is 5.82 Å². The van der Waals surface area contributed by atoms with E-state index in [1.165, 1.54) is 0 Å². The zero-order chi connectivity index (χ0) is 14.5. The summed E-state index contributed by atoms with van der Waals surface area (Å²) in [7, 11) is 0. The standard InChI is InChI=1S/C15H21N3O2/c1-12-11-14(13-5-3-2-4-6-13)18(16)15(12)17(7-9-19)8-10-20/h2-6,11,19-20H,7-10,16H2,1H3. The van der Waals surface area contributed by atoms with E-state index in [2.05, 4.69) is 0 Å². The third kappa shape index (κ3) is 2.79. The van der Waals surface area contributed by atoms with Gasteiger partial charge in [-0.2, -0.15) is 0 Å². The molecule has 0 aliphatic heterocycles. The molecule has 0 saturated carbocycles. The first-order valence-electron chi connectivity index (χ1n) is 6.68. The maximum absolute atomic E-state index is 9.16. The Morgan fingerprint density at radius 2 is 1.70 bits per heavy atom. The van der Waals surface area contributed by atoms with Crippen LogP contribution in [-0.2, 0) is 0 Å². The van der Waals surface area contributed by atoms with Crippen LogP contribution < -0.4 is 10.7 Å². The van der Waals surface area contributed by atoms with Crippen molar-refractivity contribution in [3.05, 3.63) is 42.0 Å². The maximum atomic E-state index is 9.16. The van der Waals surface area contributed by atoms with E-state index in [-0.39, 0.29) is 13.2 Å². The highest BCUT2D eigenvalue weighted by atomic mass is 16.3. The van der Waals surface area contributed by atoms with Crippen molar-refractivity contribution < 1.29 is 10.2 Å². The summed E-state index contributed by atoms with van der Waals surface area (Å²) >= 11 is 0. The van der Waals surface area contributed by atoms with Crippen LogP contribution >= 0.6 is 0 Å². The predicted octanol–water partition coefficient (Wildman–Crippen LogP) is 0.968. The summed E-state index contributed by atoms with van der Waals surface area (Å²) < 4.78 is 1.62. The molecule has 1 aromatic heterocycles. The van der Waals surface area contributed by atoms with E-state index in [4.69, 9.17) is 16.1 Å². The SMILES string of the molecule is Cc1cc(-c2ccccc2)n(N)c1N(CCO)CCO. The minimum Gasteiger partial charge on any atom is -0.395 e. The quantitative estimate of drug-likeness (QED) is 0.687. The zero-order valence-electron chi connectivity index (χ0n) is 11.7. The Hall–Kier alpha value is -1.98. The molecule has 0 unspecified atom stereocenters. The summed E-state index contributed by atoms with van der Waals surface area (Å²) in [6.07, 6.45) is 0. The summed E-state index contributed by atoms with van der Waals surface area (Å²) in [6.45, 7) is 2.90. The Labute approximate surface area is 118 Å². The number of aliphatic hydroxyl groups excluding tert-OH is 2. The molecule has 0 fully saturated rings. The van der Waals surface area contributed by atoms with Crippen LogP contribution in [0, 0.1) is 6.92 Å². The second-order valence-corrected chi connectivity index (χ2v) is 4.71. The molecular weight excluding hydrogens is 254 g/mol. The molecule has 20 heavy (non-hydrogen) atoms. The van der Waals surface area contributed by atoms with Gasteiger partial charge in [-0.15, -0.1) is 0 Å². The van der Waals surface area contributed by atoms with E-state index in [1.807, 2.05) is 48.2 Å². The van der Waals surface area contributed by atoms with Gasteiger partial charge in [-0.25, -0.2) is 4.68 Å². The molecule has 108 valence electrons. The van der Waals surface area contributed by atoms with Gasteiger partial charge in [0.1, 0.15) is 5.82 Å². The number of rotatable bonds is 6. The molecule has 0 aliphatic rings. The van der Waals surface area contributed by atoms with Crippen molar-refractivity contribution in [2.45, 2.75) is 6.92 Å². The smallest absolute Gasteiger partial charge is 0.131 e. The van der Waals surface area contributed by atoms with Gasteiger partial charge < -0.3 is 21.0 Å². The van der Waals surface area contributed by atoms with Gasteiger partial charge >= 0.3 is 0 Å². The number of benzene rings is 1. The lowest BCUT2D eigenvalue weighted by molar-refractivity contribution is 0.280. The monoisotopic (exact) mass is 275 g/mol. The van der Waals surface area contributed by atoms with Crippen molar-refractivity contribution in [3.63, 3.8) is 0 Å². The van der Waals surface area contributed by atoms with Crippen LogP contribution in [0.5, 0.6) is 0 Å².